The third kappa shape index (κ3) is 4.50. The van der Waals surface area contributed by atoms with Crippen molar-refractivity contribution in [3.63, 3.8) is 0 Å². The van der Waals surface area contributed by atoms with Crippen LogP contribution in [-0.4, -0.2) is 57.5 Å². The first-order valence-corrected chi connectivity index (χ1v) is 9.85. The van der Waals surface area contributed by atoms with E-state index in [0.717, 1.165) is 37.6 Å². The smallest absolute Gasteiger partial charge is 0.0542 e. The molecule has 1 aliphatic rings. The Kier molecular flexibility index (Phi) is 6.12. The predicted molar refractivity (Wildman–Crippen MR) is 98.4 cm³/mol. The molecule has 0 unspecified atom stereocenters. The number of hydrogen-bond donors (Lipinski definition) is 0. The standard InChI is InChI=1S/C19H25N3OS/c1-17(18-6-5-9-20-16-18)22-12-10-21(11-13-22)14-15-24(23)19-7-3-2-4-8-19/h2-9,16-17H,10-15H2,1H3/t17-,24+/m1/s1. The van der Waals surface area contributed by atoms with E-state index < -0.39 is 10.8 Å². The molecule has 0 aliphatic carbocycles. The second-order valence-electron chi connectivity index (χ2n) is 6.20. The van der Waals surface area contributed by atoms with Crippen LogP contribution < -0.4 is 0 Å². The Balaban J connectivity index is 1.45. The first kappa shape index (κ1) is 17.3. The van der Waals surface area contributed by atoms with Crippen molar-refractivity contribution in [1.82, 2.24) is 14.8 Å². The molecule has 5 heteroatoms. The fourth-order valence-corrected chi connectivity index (χ4v) is 4.23. The van der Waals surface area contributed by atoms with Gasteiger partial charge >= 0.3 is 0 Å². The molecule has 24 heavy (non-hydrogen) atoms. The highest BCUT2D eigenvalue weighted by Gasteiger charge is 2.22. The Morgan fingerprint density at radius 3 is 2.50 bits per heavy atom. The molecule has 3 rings (SSSR count). The number of hydrogen-bond acceptors (Lipinski definition) is 4. The van der Waals surface area contributed by atoms with Gasteiger partial charge in [0.1, 0.15) is 0 Å². The van der Waals surface area contributed by atoms with Crippen LogP contribution in [0.1, 0.15) is 18.5 Å². The maximum absolute atomic E-state index is 12.3. The zero-order valence-electron chi connectivity index (χ0n) is 14.2. The average Bonchev–Trinajstić information content (AvgIpc) is 2.67. The van der Waals surface area contributed by atoms with Gasteiger partial charge in [-0.2, -0.15) is 0 Å². The first-order valence-electron chi connectivity index (χ1n) is 8.54. The molecule has 1 saturated heterocycles. The zero-order valence-corrected chi connectivity index (χ0v) is 15.0. The number of piperazine rings is 1. The van der Waals surface area contributed by atoms with Gasteiger partial charge in [-0.25, -0.2) is 0 Å². The summed E-state index contributed by atoms with van der Waals surface area (Å²) in [5, 5.41) is 0. The third-order valence-corrected chi connectivity index (χ3v) is 6.07. The van der Waals surface area contributed by atoms with Crippen molar-refractivity contribution in [1.29, 1.82) is 0 Å². The number of benzene rings is 1. The average molecular weight is 343 g/mol. The summed E-state index contributed by atoms with van der Waals surface area (Å²) < 4.78 is 12.3. The molecule has 128 valence electrons. The summed E-state index contributed by atoms with van der Waals surface area (Å²) >= 11 is 0. The molecule has 1 fully saturated rings. The van der Waals surface area contributed by atoms with E-state index in [4.69, 9.17) is 0 Å². The van der Waals surface area contributed by atoms with E-state index in [1.165, 1.54) is 5.56 Å². The summed E-state index contributed by atoms with van der Waals surface area (Å²) in [4.78, 5) is 10.1. The van der Waals surface area contributed by atoms with Crippen molar-refractivity contribution >= 4 is 10.8 Å². The van der Waals surface area contributed by atoms with Crippen molar-refractivity contribution in [3.8, 4) is 0 Å². The van der Waals surface area contributed by atoms with Gasteiger partial charge in [0.2, 0.25) is 0 Å². The van der Waals surface area contributed by atoms with E-state index in [0.29, 0.717) is 11.8 Å². The molecule has 0 amide bonds. The SMILES string of the molecule is C[C@H](c1cccnc1)N1CCN(CC[S@](=O)c2ccccc2)CC1. The summed E-state index contributed by atoms with van der Waals surface area (Å²) in [6.07, 6.45) is 3.78. The Morgan fingerprint density at radius 1 is 1.08 bits per heavy atom. The third-order valence-electron chi connectivity index (χ3n) is 4.72. The predicted octanol–water partition coefficient (Wildman–Crippen LogP) is 2.57. The van der Waals surface area contributed by atoms with Crippen LogP contribution in [0.15, 0.2) is 59.8 Å². The van der Waals surface area contributed by atoms with Crippen LogP contribution >= 0.6 is 0 Å². The molecule has 0 spiro atoms. The Morgan fingerprint density at radius 2 is 1.83 bits per heavy atom. The minimum atomic E-state index is -0.896. The van der Waals surface area contributed by atoms with Crippen LogP contribution in [0.3, 0.4) is 0 Å². The van der Waals surface area contributed by atoms with Crippen molar-refractivity contribution in [2.45, 2.75) is 17.9 Å². The highest BCUT2D eigenvalue weighted by atomic mass is 32.2. The summed E-state index contributed by atoms with van der Waals surface area (Å²) in [7, 11) is -0.896. The summed E-state index contributed by atoms with van der Waals surface area (Å²) in [5.41, 5.74) is 1.27. The van der Waals surface area contributed by atoms with Gasteiger partial charge in [0.15, 0.2) is 0 Å². The molecule has 2 atom stereocenters. The fraction of sp³-hybridized carbons (Fsp3) is 0.421. The van der Waals surface area contributed by atoms with Crippen molar-refractivity contribution in [2.24, 2.45) is 0 Å². The number of nitrogens with zero attached hydrogens (tertiary/aromatic N) is 3. The van der Waals surface area contributed by atoms with Crippen molar-refractivity contribution in [2.75, 3.05) is 38.5 Å². The molecular weight excluding hydrogens is 318 g/mol. The van der Waals surface area contributed by atoms with Crippen molar-refractivity contribution in [3.05, 3.63) is 60.4 Å². The normalized spacial score (nSPS) is 19.0. The quantitative estimate of drug-likeness (QED) is 0.808. The van der Waals surface area contributed by atoms with E-state index in [9.17, 15) is 4.21 Å². The Labute approximate surface area is 147 Å². The van der Waals surface area contributed by atoms with Gasteiger partial charge in [-0.05, 0) is 30.7 Å². The van der Waals surface area contributed by atoms with Gasteiger partial charge < -0.3 is 0 Å². The Bertz CT molecular complexity index is 642. The molecular formula is C19H25N3OS. The molecule has 4 nitrogen and oxygen atoms in total. The summed E-state index contributed by atoms with van der Waals surface area (Å²) in [6, 6.07) is 14.3. The van der Waals surface area contributed by atoms with Gasteiger partial charge in [-0.15, -0.1) is 0 Å². The highest BCUT2D eigenvalue weighted by molar-refractivity contribution is 7.85. The molecule has 0 bridgehead atoms. The molecule has 1 aliphatic heterocycles. The van der Waals surface area contributed by atoms with Crippen LogP contribution in [0.2, 0.25) is 0 Å². The minimum absolute atomic E-state index is 0.402. The maximum atomic E-state index is 12.3. The van der Waals surface area contributed by atoms with Gasteiger partial charge in [-0.3, -0.25) is 19.0 Å². The second kappa shape index (κ2) is 8.51. The monoisotopic (exact) mass is 343 g/mol. The number of pyridine rings is 1. The van der Waals surface area contributed by atoms with Crippen LogP contribution in [0.25, 0.3) is 0 Å². The lowest BCUT2D eigenvalue weighted by molar-refractivity contribution is 0.106. The molecule has 2 aromatic rings. The van der Waals surface area contributed by atoms with E-state index >= 15 is 0 Å². The van der Waals surface area contributed by atoms with Gasteiger partial charge in [0, 0.05) is 61.8 Å². The zero-order chi connectivity index (χ0) is 16.8. The van der Waals surface area contributed by atoms with Crippen LogP contribution in [0.4, 0.5) is 0 Å². The highest BCUT2D eigenvalue weighted by Crippen LogP contribution is 2.20. The summed E-state index contributed by atoms with van der Waals surface area (Å²) in [5.74, 6) is 0.710. The lowest BCUT2D eigenvalue weighted by Crippen LogP contribution is -2.48. The Hall–Kier alpha value is -1.56. The molecule has 0 saturated carbocycles. The summed E-state index contributed by atoms with van der Waals surface area (Å²) in [6.45, 7) is 7.32. The second-order valence-corrected chi connectivity index (χ2v) is 7.77. The van der Waals surface area contributed by atoms with E-state index in [1.807, 2.05) is 48.8 Å². The molecule has 1 aromatic carbocycles. The number of aromatic nitrogens is 1. The van der Waals surface area contributed by atoms with Crippen LogP contribution in [-0.2, 0) is 10.8 Å². The molecule has 0 N–H and O–H groups in total. The lowest BCUT2D eigenvalue weighted by Gasteiger charge is -2.38. The van der Waals surface area contributed by atoms with Gasteiger partial charge in [-0.1, -0.05) is 24.3 Å². The van der Waals surface area contributed by atoms with Gasteiger partial charge in [0.25, 0.3) is 0 Å². The van der Waals surface area contributed by atoms with Crippen molar-refractivity contribution < 1.29 is 4.21 Å². The van der Waals surface area contributed by atoms with E-state index in [-0.39, 0.29) is 0 Å². The maximum Gasteiger partial charge on any atom is 0.0542 e. The fourth-order valence-electron chi connectivity index (χ4n) is 3.11. The molecule has 1 aromatic heterocycles. The first-order chi connectivity index (χ1) is 11.7. The molecule has 0 radical (unpaired) electrons. The van der Waals surface area contributed by atoms with Crippen LogP contribution in [0.5, 0.6) is 0 Å². The van der Waals surface area contributed by atoms with E-state index in [1.54, 1.807) is 0 Å². The number of rotatable bonds is 6. The lowest BCUT2D eigenvalue weighted by atomic mass is 10.1. The largest absolute Gasteiger partial charge is 0.300 e. The molecule has 2 heterocycles. The van der Waals surface area contributed by atoms with Gasteiger partial charge in [0.05, 0.1) is 10.8 Å². The van der Waals surface area contributed by atoms with Crippen LogP contribution in [0, 0.1) is 0 Å². The van der Waals surface area contributed by atoms with E-state index in [2.05, 4.69) is 27.8 Å². The topological polar surface area (TPSA) is 36.4 Å². The minimum Gasteiger partial charge on any atom is -0.300 e.